The summed E-state index contributed by atoms with van der Waals surface area (Å²) in [5.41, 5.74) is 0.862. The first kappa shape index (κ1) is 27.4. The Labute approximate surface area is 236 Å². The van der Waals surface area contributed by atoms with Gasteiger partial charge in [0.2, 0.25) is 5.95 Å². The molecule has 0 radical (unpaired) electrons. The van der Waals surface area contributed by atoms with Gasteiger partial charge in [0.1, 0.15) is 22.3 Å². The molecule has 3 heterocycles. The second-order valence-electron chi connectivity index (χ2n) is 7.57. The quantitative estimate of drug-likeness (QED) is 0.185. The molecule has 38 heavy (non-hydrogen) atoms. The summed E-state index contributed by atoms with van der Waals surface area (Å²) in [7, 11) is 3.16. The van der Waals surface area contributed by atoms with Crippen LogP contribution in [0.5, 0.6) is 5.75 Å². The highest BCUT2D eigenvalue weighted by molar-refractivity contribution is 7.13. The molecule has 0 saturated heterocycles. The fourth-order valence-electron chi connectivity index (χ4n) is 3.26. The predicted molar refractivity (Wildman–Crippen MR) is 151 cm³/mol. The van der Waals surface area contributed by atoms with Crippen molar-refractivity contribution in [3.8, 4) is 5.75 Å². The van der Waals surface area contributed by atoms with Gasteiger partial charge in [-0.25, -0.2) is 9.97 Å². The van der Waals surface area contributed by atoms with Crippen molar-refractivity contribution in [1.82, 2.24) is 15.0 Å². The maximum Gasteiger partial charge on any atom is 0.267 e. The van der Waals surface area contributed by atoms with Crippen molar-refractivity contribution < 1.29 is 14.3 Å². The molecule has 4 N–H and O–H groups in total. The number of hydrogen-bond acceptors (Lipinski definition) is 9. The Bertz CT molecular complexity index is 1480. The van der Waals surface area contributed by atoms with Crippen LogP contribution in [0.15, 0.2) is 48.1 Å². The topological polar surface area (TPSA) is 130 Å². The molecular weight excluding hydrogens is 573 g/mol. The third-order valence-electron chi connectivity index (χ3n) is 5.09. The maximum atomic E-state index is 13.2. The SMILES string of the molecule is CNc1ccnc(NCc2csc(C(=O)Nc3c(OC)cc(Cl)cc3C(=O)Nc3ccc(Cl)cn3)c2Cl)n1. The van der Waals surface area contributed by atoms with Crippen LogP contribution in [0.4, 0.5) is 23.3 Å². The third kappa shape index (κ3) is 6.43. The molecule has 0 spiro atoms. The molecule has 0 fully saturated rings. The summed E-state index contributed by atoms with van der Waals surface area (Å²) < 4.78 is 5.39. The number of carbonyl (C=O) groups excluding carboxylic acids is 2. The van der Waals surface area contributed by atoms with Crippen LogP contribution in [0, 0.1) is 0 Å². The van der Waals surface area contributed by atoms with E-state index in [0.717, 1.165) is 11.3 Å². The lowest BCUT2D eigenvalue weighted by Crippen LogP contribution is -2.19. The van der Waals surface area contributed by atoms with Gasteiger partial charge in [-0.1, -0.05) is 34.8 Å². The van der Waals surface area contributed by atoms with E-state index in [-0.39, 0.29) is 37.7 Å². The van der Waals surface area contributed by atoms with Crippen molar-refractivity contribution in [3.63, 3.8) is 0 Å². The fourth-order valence-corrected chi connectivity index (χ4v) is 4.84. The molecule has 4 aromatic rings. The van der Waals surface area contributed by atoms with E-state index in [1.807, 2.05) is 0 Å². The highest BCUT2D eigenvalue weighted by Gasteiger charge is 2.23. The van der Waals surface area contributed by atoms with Crippen LogP contribution in [0.3, 0.4) is 0 Å². The van der Waals surface area contributed by atoms with Crippen LogP contribution in [0.25, 0.3) is 0 Å². The lowest BCUT2D eigenvalue weighted by Gasteiger charge is -2.15. The average Bonchev–Trinajstić information content (AvgIpc) is 3.29. The first-order valence-corrected chi connectivity index (χ1v) is 12.9. The third-order valence-corrected chi connectivity index (χ3v) is 7.11. The summed E-state index contributed by atoms with van der Waals surface area (Å²) >= 11 is 19.8. The van der Waals surface area contributed by atoms with Crippen molar-refractivity contribution in [2.45, 2.75) is 6.54 Å². The number of rotatable bonds is 9. The number of methoxy groups -OCH3 is 1. The molecule has 3 aromatic heterocycles. The molecule has 14 heteroatoms. The van der Waals surface area contributed by atoms with E-state index >= 15 is 0 Å². The van der Waals surface area contributed by atoms with Crippen LogP contribution in [0.2, 0.25) is 15.1 Å². The molecule has 4 rings (SSSR count). The van der Waals surface area contributed by atoms with Gasteiger partial charge in [0.15, 0.2) is 0 Å². The van der Waals surface area contributed by atoms with Crippen molar-refractivity contribution >= 4 is 81.2 Å². The lowest BCUT2D eigenvalue weighted by molar-refractivity contribution is 0.102. The predicted octanol–water partition coefficient (Wildman–Crippen LogP) is 6.06. The van der Waals surface area contributed by atoms with E-state index < -0.39 is 11.8 Å². The first-order chi connectivity index (χ1) is 18.3. The fraction of sp³-hybridized carbons (Fsp3) is 0.125. The van der Waals surface area contributed by atoms with Gasteiger partial charge in [0, 0.05) is 42.6 Å². The van der Waals surface area contributed by atoms with E-state index in [1.54, 1.807) is 36.8 Å². The van der Waals surface area contributed by atoms with E-state index in [0.29, 0.717) is 28.9 Å². The van der Waals surface area contributed by atoms with Crippen LogP contribution < -0.4 is 26.0 Å². The van der Waals surface area contributed by atoms with Gasteiger partial charge < -0.3 is 26.0 Å². The summed E-state index contributed by atoms with van der Waals surface area (Å²) in [5.74, 6) is 0.416. The Morgan fingerprint density at radius 2 is 1.82 bits per heavy atom. The zero-order valence-electron chi connectivity index (χ0n) is 19.9. The first-order valence-electron chi connectivity index (χ1n) is 10.9. The molecule has 2 amide bonds. The Balaban J connectivity index is 1.55. The van der Waals surface area contributed by atoms with Crippen LogP contribution >= 0.6 is 46.1 Å². The number of hydrogen-bond donors (Lipinski definition) is 4. The lowest BCUT2D eigenvalue weighted by atomic mass is 10.1. The summed E-state index contributed by atoms with van der Waals surface area (Å²) in [6, 6.07) is 7.76. The van der Waals surface area contributed by atoms with Crippen molar-refractivity contribution in [2.75, 3.05) is 35.4 Å². The van der Waals surface area contributed by atoms with Crippen molar-refractivity contribution in [3.05, 3.63) is 79.2 Å². The minimum Gasteiger partial charge on any atom is -0.494 e. The molecule has 0 aliphatic heterocycles. The van der Waals surface area contributed by atoms with E-state index in [2.05, 4.69) is 36.2 Å². The standard InChI is InChI=1S/C24H20Cl3N7O3S/c1-28-17-5-6-29-24(33-17)31-9-12-11-38-21(19(12)27)23(36)34-20-15(7-14(26)8-16(20)37-2)22(35)32-18-4-3-13(25)10-30-18/h3-8,10-11H,9H2,1-2H3,(H,34,36)(H,30,32,35)(H2,28,29,31,33). The molecule has 0 aliphatic carbocycles. The van der Waals surface area contributed by atoms with Gasteiger partial charge in [-0.15, -0.1) is 11.3 Å². The smallest absolute Gasteiger partial charge is 0.267 e. The Kier molecular flexibility index (Phi) is 8.85. The Hall–Kier alpha value is -3.64. The van der Waals surface area contributed by atoms with Gasteiger partial charge >= 0.3 is 0 Å². The largest absolute Gasteiger partial charge is 0.494 e. The molecule has 0 unspecified atom stereocenters. The maximum absolute atomic E-state index is 13.2. The Morgan fingerprint density at radius 1 is 1.00 bits per heavy atom. The number of thiophene rings is 1. The Morgan fingerprint density at radius 3 is 2.53 bits per heavy atom. The van der Waals surface area contributed by atoms with Gasteiger partial charge in [-0.3, -0.25) is 9.59 Å². The molecular formula is C24H20Cl3N7O3S. The number of nitrogens with zero attached hydrogens (tertiary/aromatic N) is 3. The van der Waals surface area contributed by atoms with Gasteiger partial charge in [-0.2, -0.15) is 4.98 Å². The number of benzene rings is 1. The zero-order chi connectivity index (χ0) is 27.2. The molecule has 0 atom stereocenters. The minimum absolute atomic E-state index is 0.0654. The van der Waals surface area contributed by atoms with Gasteiger partial charge in [0.05, 0.1) is 28.4 Å². The number of nitrogens with one attached hydrogen (secondary N) is 4. The normalized spacial score (nSPS) is 10.6. The van der Waals surface area contributed by atoms with Gasteiger partial charge in [-0.05, 0) is 29.6 Å². The number of pyridine rings is 1. The number of anilines is 4. The number of halogens is 3. The van der Waals surface area contributed by atoms with E-state index in [9.17, 15) is 9.59 Å². The average molecular weight is 593 g/mol. The highest BCUT2D eigenvalue weighted by Crippen LogP contribution is 2.35. The van der Waals surface area contributed by atoms with Crippen molar-refractivity contribution in [1.29, 1.82) is 0 Å². The summed E-state index contributed by atoms with van der Waals surface area (Å²) in [6.07, 6.45) is 3.01. The highest BCUT2D eigenvalue weighted by atomic mass is 35.5. The van der Waals surface area contributed by atoms with Crippen LogP contribution in [-0.4, -0.2) is 40.9 Å². The van der Waals surface area contributed by atoms with Crippen LogP contribution in [-0.2, 0) is 6.54 Å². The molecule has 0 saturated carbocycles. The zero-order valence-corrected chi connectivity index (χ0v) is 23.0. The van der Waals surface area contributed by atoms with Gasteiger partial charge in [0.25, 0.3) is 11.8 Å². The summed E-state index contributed by atoms with van der Waals surface area (Å²) in [5, 5.41) is 14.1. The minimum atomic E-state index is -0.568. The second-order valence-corrected chi connectivity index (χ2v) is 9.70. The monoisotopic (exact) mass is 591 g/mol. The molecule has 10 nitrogen and oxygen atoms in total. The summed E-state index contributed by atoms with van der Waals surface area (Å²) in [6.45, 7) is 0.293. The summed E-state index contributed by atoms with van der Waals surface area (Å²) in [4.78, 5) is 39.1. The number of amides is 2. The molecule has 1 aromatic carbocycles. The number of carbonyl (C=O) groups is 2. The number of aromatic nitrogens is 3. The molecule has 196 valence electrons. The number of ether oxygens (including phenoxy) is 1. The van der Waals surface area contributed by atoms with E-state index in [1.165, 1.54) is 25.4 Å². The second kappa shape index (κ2) is 12.3. The van der Waals surface area contributed by atoms with Crippen molar-refractivity contribution in [2.24, 2.45) is 0 Å². The van der Waals surface area contributed by atoms with Crippen LogP contribution in [0.1, 0.15) is 25.6 Å². The molecule has 0 bridgehead atoms. The molecule has 0 aliphatic rings. The van der Waals surface area contributed by atoms with E-state index in [4.69, 9.17) is 39.5 Å².